The predicted molar refractivity (Wildman–Crippen MR) is 35.8 cm³/mol. The molecule has 0 saturated carbocycles. The summed E-state index contributed by atoms with van der Waals surface area (Å²) in [6.07, 6.45) is 2.20. The molecule has 0 aliphatic rings. The molecule has 0 bridgehead atoms. The van der Waals surface area contributed by atoms with Crippen molar-refractivity contribution >= 4 is 0 Å². The summed E-state index contributed by atoms with van der Waals surface area (Å²) < 4.78 is 0. The molecule has 8 heavy (non-hydrogen) atoms. The molecule has 2 N–H and O–H groups in total. The summed E-state index contributed by atoms with van der Waals surface area (Å²) in [7, 11) is 0. The Hall–Kier alpha value is -0.0800. The Morgan fingerprint density at radius 2 is 2.12 bits per heavy atom. The largest absolute Gasteiger partial charge is 0.330 e. The van der Waals surface area contributed by atoms with E-state index in [1.807, 2.05) is 0 Å². The van der Waals surface area contributed by atoms with Crippen LogP contribution in [0.5, 0.6) is 0 Å². The summed E-state index contributed by atoms with van der Waals surface area (Å²) >= 11 is 0. The molecule has 0 unspecified atom stereocenters. The number of nitrogens with zero attached hydrogens (tertiary/aromatic N) is 1. The maximum absolute atomic E-state index is 5.25. The molecular formula is C6H15N2+. The summed E-state index contributed by atoms with van der Waals surface area (Å²) in [5.41, 5.74) is 5.25. The Bertz CT molecular complexity index is 31.5. The van der Waals surface area contributed by atoms with E-state index >= 15 is 0 Å². The summed E-state index contributed by atoms with van der Waals surface area (Å²) in [5, 5.41) is 4.20. The van der Waals surface area contributed by atoms with Gasteiger partial charge >= 0.3 is 0 Å². The average Bonchev–Trinajstić information content (AvgIpc) is 1.81. The van der Waals surface area contributed by atoms with Crippen LogP contribution >= 0.6 is 0 Å². The van der Waals surface area contributed by atoms with Crippen LogP contribution in [0.1, 0.15) is 19.8 Å². The van der Waals surface area contributed by atoms with Gasteiger partial charge < -0.3 is 5.73 Å². The first-order chi connectivity index (χ1) is 3.91. The third kappa shape index (κ3) is 5.92. The fourth-order valence-electron chi connectivity index (χ4n) is 0.473. The minimum Gasteiger partial charge on any atom is -0.330 e. The molecule has 0 aromatic carbocycles. The van der Waals surface area contributed by atoms with Crippen molar-refractivity contribution in [2.45, 2.75) is 19.8 Å². The highest BCUT2D eigenvalue weighted by molar-refractivity contribution is 4.44. The zero-order valence-electron chi connectivity index (χ0n) is 5.56. The lowest BCUT2D eigenvalue weighted by Crippen LogP contribution is -2.11. The molecule has 2 radical (unpaired) electrons. The van der Waals surface area contributed by atoms with Gasteiger partial charge in [-0.25, -0.2) is 0 Å². The van der Waals surface area contributed by atoms with Crippen LogP contribution in [-0.4, -0.2) is 19.6 Å². The van der Waals surface area contributed by atoms with Gasteiger partial charge in [-0.2, -0.15) is 0 Å². The molecule has 0 amide bonds. The van der Waals surface area contributed by atoms with Crippen molar-refractivity contribution < 1.29 is 0 Å². The van der Waals surface area contributed by atoms with E-state index in [1.54, 1.807) is 0 Å². The molecule has 0 aliphatic heterocycles. The lowest BCUT2D eigenvalue weighted by Gasteiger charge is -1.82. The third-order valence-corrected chi connectivity index (χ3v) is 0.902. The Morgan fingerprint density at radius 3 is 2.62 bits per heavy atom. The van der Waals surface area contributed by atoms with E-state index in [1.165, 1.54) is 0 Å². The van der Waals surface area contributed by atoms with Crippen molar-refractivity contribution in [2.75, 3.05) is 19.6 Å². The quantitative estimate of drug-likeness (QED) is 0.516. The highest BCUT2D eigenvalue weighted by atomic mass is 14.8. The van der Waals surface area contributed by atoms with Crippen LogP contribution in [0.25, 0.3) is 0 Å². The molecule has 0 saturated heterocycles. The highest BCUT2D eigenvalue weighted by Gasteiger charge is 1.97. The van der Waals surface area contributed by atoms with Gasteiger partial charge in [0, 0.05) is 12.8 Å². The van der Waals surface area contributed by atoms with E-state index in [-0.39, 0.29) is 0 Å². The van der Waals surface area contributed by atoms with Crippen molar-refractivity contribution in [2.24, 2.45) is 5.73 Å². The van der Waals surface area contributed by atoms with Gasteiger partial charge in [0.25, 0.3) is 0 Å². The molecule has 0 atom stereocenters. The van der Waals surface area contributed by atoms with Crippen molar-refractivity contribution in [3.05, 3.63) is 0 Å². The van der Waals surface area contributed by atoms with E-state index in [9.17, 15) is 0 Å². The second-order valence-corrected chi connectivity index (χ2v) is 1.81. The standard InChI is InChI=1S/C6H15N2/c1-2-5-8-6-3-4-7/h2-7H2,1H3/q+1. The van der Waals surface area contributed by atoms with Gasteiger partial charge in [-0.1, -0.05) is 6.92 Å². The summed E-state index contributed by atoms with van der Waals surface area (Å²) in [6.45, 7) is 4.85. The van der Waals surface area contributed by atoms with Crippen molar-refractivity contribution in [1.82, 2.24) is 5.32 Å². The lowest BCUT2D eigenvalue weighted by molar-refractivity contribution is 0.633. The van der Waals surface area contributed by atoms with Gasteiger partial charge in [-0.15, -0.1) is 0 Å². The maximum Gasteiger partial charge on any atom is 0.185 e. The smallest absolute Gasteiger partial charge is 0.185 e. The van der Waals surface area contributed by atoms with Gasteiger partial charge in [-0.05, 0) is 6.54 Å². The molecule has 48 valence electrons. The molecule has 0 fully saturated rings. The molecule has 0 rings (SSSR count). The number of hydrogen-bond acceptors (Lipinski definition) is 1. The van der Waals surface area contributed by atoms with Crippen LogP contribution < -0.4 is 11.1 Å². The zero-order valence-corrected chi connectivity index (χ0v) is 5.56. The third-order valence-electron chi connectivity index (χ3n) is 0.902. The summed E-state index contributed by atoms with van der Waals surface area (Å²) in [6, 6.07) is 0. The van der Waals surface area contributed by atoms with Gasteiger partial charge in [-0.3, -0.25) is 0 Å². The topological polar surface area (TPSA) is 40.1 Å². The fraction of sp³-hybridized carbons (Fsp3) is 1.00. The van der Waals surface area contributed by atoms with Gasteiger partial charge in [0.2, 0.25) is 0 Å². The second kappa shape index (κ2) is 6.92. The van der Waals surface area contributed by atoms with E-state index in [4.69, 9.17) is 5.73 Å². The maximum atomic E-state index is 5.25. The Kier molecular flexibility index (Phi) is 6.85. The van der Waals surface area contributed by atoms with Crippen molar-refractivity contribution in [1.29, 1.82) is 0 Å². The number of hydrogen-bond donors (Lipinski definition) is 1. The monoisotopic (exact) mass is 115 g/mol. The molecular weight excluding hydrogens is 100 g/mol. The molecule has 0 aromatic rings. The normalized spacial score (nSPS) is 9.75. The van der Waals surface area contributed by atoms with Crippen molar-refractivity contribution in [3.8, 4) is 0 Å². The first kappa shape index (κ1) is 7.92. The van der Waals surface area contributed by atoms with Gasteiger partial charge in [0.1, 0.15) is 0 Å². The summed E-state index contributed by atoms with van der Waals surface area (Å²) in [4.78, 5) is 0. The zero-order chi connectivity index (χ0) is 6.24. The minimum atomic E-state index is 0.771. The van der Waals surface area contributed by atoms with Crippen LogP contribution in [0, 0.1) is 0 Å². The van der Waals surface area contributed by atoms with E-state index < -0.39 is 0 Å². The van der Waals surface area contributed by atoms with Crippen molar-refractivity contribution in [3.63, 3.8) is 0 Å². The van der Waals surface area contributed by atoms with E-state index in [0.717, 1.165) is 32.5 Å². The van der Waals surface area contributed by atoms with E-state index in [2.05, 4.69) is 12.2 Å². The first-order valence-corrected chi connectivity index (χ1v) is 3.25. The van der Waals surface area contributed by atoms with Gasteiger partial charge in [0.15, 0.2) is 13.1 Å². The number of nitrogens with two attached hydrogens (primary N) is 1. The van der Waals surface area contributed by atoms with Crippen LogP contribution in [0.4, 0.5) is 0 Å². The van der Waals surface area contributed by atoms with Crippen LogP contribution in [0.3, 0.4) is 0 Å². The lowest BCUT2D eigenvalue weighted by atomic mass is 10.4. The fourth-order valence-corrected chi connectivity index (χ4v) is 0.473. The first-order valence-electron chi connectivity index (χ1n) is 3.25. The molecule has 0 aliphatic carbocycles. The van der Waals surface area contributed by atoms with Gasteiger partial charge in [0.05, 0.1) is 5.32 Å². The van der Waals surface area contributed by atoms with Crippen LogP contribution in [0.15, 0.2) is 0 Å². The van der Waals surface area contributed by atoms with E-state index in [0.29, 0.717) is 0 Å². The van der Waals surface area contributed by atoms with Crippen LogP contribution in [-0.2, 0) is 0 Å². The SMILES string of the molecule is CCC[N+]CCCN. The highest BCUT2D eigenvalue weighted by Crippen LogP contribution is 1.74. The Balaban J connectivity index is 2.53. The molecule has 2 nitrogen and oxygen atoms in total. The minimum absolute atomic E-state index is 0.771. The Morgan fingerprint density at radius 1 is 1.38 bits per heavy atom. The molecule has 0 spiro atoms. The second-order valence-electron chi connectivity index (χ2n) is 1.81. The molecule has 0 heterocycles. The summed E-state index contributed by atoms with van der Waals surface area (Å²) in [5.74, 6) is 0. The number of rotatable bonds is 5. The van der Waals surface area contributed by atoms with Crippen LogP contribution in [0.2, 0.25) is 0 Å². The molecule has 2 heteroatoms. The molecule has 0 aromatic heterocycles. The average molecular weight is 115 g/mol. The Labute approximate surface area is 51.5 Å². The predicted octanol–water partition coefficient (Wildman–Crippen LogP) is 0.350.